The van der Waals surface area contributed by atoms with Gasteiger partial charge >= 0.3 is 0 Å². The minimum atomic E-state index is -0.366. The first-order valence-corrected chi connectivity index (χ1v) is 6.89. The summed E-state index contributed by atoms with van der Waals surface area (Å²) >= 11 is 11.9. The van der Waals surface area contributed by atoms with Gasteiger partial charge < -0.3 is 15.6 Å². The molecule has 0 heterocycles. The summed E-state index contributed by atoms with van der Waals surface area (Å²) in [5, 5.41) is 10.2. The molecule has 2 rings (SSSR count). The van der Waals surface area contributed by atoms with Gasteiger partial charge in [0.1, 0.15) is 12.4 Å². The van der Waals surface area contributed by atoms with Gasteiger partial charge in [-0.05, 0) is 29.8 Å². The van der Waals surface area contributed by atoms with Crippen molar-refractivity contribution in [1.29, 1.82) is 0 Å². The third-order valence-corrected chi connectivity index (χ3v) is 3.50. The van der Waals surface area contributed by atoms with Crippen molar-refractivity contribution < 1.29 is 9.84 Å². The van der Waals surface area contributed by atoms with Crippen LogP contribution in [0.1, 0.15) is 17.2 Å². The van der Waals surface area contributed by atoms with Crippen LogP contribution in [-0.4, -0.2) is 11.7 Å². The van der Waals surface area contributed by atoms with Crippen molar-refractivity contribution in [2.75, 3.05) is 6.61 Å². The predicted molar refractivity (Wildman–Crippen MR) is 81.3 cm³/mol. The van der Waals surface area contributed by atoms with Gasteiger partial charge in [-0.15, -0.1) is 0 Å². The predicted octanol–water partition coefficient (Wildman–Crippen LogP) is 3.56. The zero-order valence-electron chi connectivity index (χ0n) is 10.7. The van der Waals surface area contributed by atoms with Crippen molar-refractivity contribution in [3.05, 3.63) is 63.6 Å². The number of rotatable bonds is 5. The van der Waals surface area contributed by atoms with E-state index in [9.17, 15) is 0 Å². The number of ether oxygens (including phenoxy) is 1. The second-order valence-electron chi connectivity index (χ2n) is 4.38. The van der Waals surface area contributed by atoms with Crippen molar-refractivity contribution in [3.63, 3.8) is 0 Å². The first-order chi connectivity index (χ1) is 9.60. The molecule has 106 valence electrons. The van der Waals surface area contributed by atoms with E-state index >= 15 is 0 Å². The van der Waals surface area contributed by atoms with Gasteiger partial charge in [0, 0.05) is 15.6 Å². The molecule has 0 saturated heterocycles. The third kappa shape index (κ3) is 3.87. The number of benzene rings is 2. The summed E-state index contributed by atoms with van der Waals surface area (Å²) in [6, 6.07) is 12.2. The second-order valence-corrected chi connectivity index (χ2v) is 5.23. The molecule has 2 aromatic carbocycles. The van der Waals surface area contributed by atoms with Crippen LogP contribution in [0.25, 0.3) is 0 Å². The Morgan fingerprint density at radius 2 is 1.80 bits per heavy atom. The van der Waals surface area contributed by atoms with Crippen LogP contribution in [0.4, 0.5) is 0 Å². The molecule has 0 saturated carbocycles. The summed E-state index contributed by atoms with van der Waals surface area (Å²) in [6.45, 7) is 0.280. The van der Waals surface area contributed by atoms with E-state index in [-0.39, 0.29) is 12.6 Å². The van der Waals surface area contributed by atoms with Crippen LogP contribution in [0.5, 0.6) is 5.75 Å². The highest BCUT2D eigenvalue weighted by atomic mass is 35.5. The number of aliphatic hydroxyl groups is 1. The topological polar surface area (TPSA) is 55.5 Å². The quantitative estimate of drug-likeness (QED) is 0.887. The van der Waals surface area contributed by atoms with Crippen molar-refractivity contribution in [2.24, 2.45) is 5.73 Å². The summed E-state index contributed by atoms with van der Waals surface area (Å²) in [4.78, 5) is 0. The van der Waals surface area contributed by atoms with E-state index in [1.54, 1.807) is 12.1 Å². The Balaban J connectivity index is 2.00. The lowest BCUT2D eigenvalue weighted by molar-refractivity contribution is 0.267. The highest BCUT2D eigenvalue weighted by Crippen LogP contribution is 2.23. The highest BCUT2D eigenvalue weighted by Gasteiger charge is 2.05. The molecule has 3 nitrogen and oxygen atoms in total. The maximum Gasteiger partial charge on any atom is 0.119 e. The summed E-state index contributed by atoms with van der Waals surface area (Å²) in [5.41, 5.74) is 7.46. The Hall–Kier alpha value is -1.26. The van der Waals surface area contributed by atoms with E-state index in [0.29, 0.717) is 22.4 Å². The number of nitrogens with two attached hydrogens (primary N) is 1. The first-order valence-electron chi connectivity index (χ1n) is 6.13. The third-order valence-electron chi connectivity index (χ3n) is 2.91. The molecule has 0 spiro atoms. The Kier molecular flexibility index (Phi) is 5.26. The largest absolute Gasteiger partial charge is 0.489 e. The van der Waals surface area contributed by atoms with Crippen molar-refractivity contribution in [2.45, 2.75) is 12.6 Å². The molecule has 0 aliphatic carbocycles. The smallest absolute Gasteiger partial charge is 0.119 e. The maximum atomic E-state index is 8.98. The fourth-order valence-corrected chi connectivity index (χ4v) is 2.18. The molecule has 0 fully saturated rings. The molecule has 0 aliphatic heterocycles. The molecule has 0 radical (unpaired) electrons. The zero-order chi connectivity index (χ0) is 14.5. The SMILES string of the molecule is NC(CO)c1ccc(OCc2ccc(Cl)cc2Cl)cc1. The van der Waals surface area contributed by atoms with E-state index in [0.717, 1.165) is 11.1 Å². The molecule has 3 N–H and O–H groups in total. The van der Waals surface area contributed by atoms with Crippen LogP contribution >= 0.6 is 23.2 Å². The summed E-state index contributed by atoms with van der Waals surface area (Å²) < 4.78 is 5.65. The van der Waals surface area contributed by atoms with Crippen molar-refractivity contribution in [1.82, 2.24) is 0 Å². The average Bonchev–Trinajstić information content (AvgIpc) is 2.46. The monoisotopic (exact) mass is 311 g/mol. The molecule has 0 amide bonds. The fourth-order valence-electron chi connectivity index (χ4n) is 1.72. The minimum absolute atomic E-state index is 0.0828. The molecular formula is C15H15Cl2NO2. The van der Waals surface area contributed by atoms with Gasteiger partial charge in [-0.25, -0.2) is 0 Å². The molecule has 0 bridgehead atoms. The van der Waals surface area contributed by atoms with E-state index in [1.807, 2.05) is 30.3 Å². The van der Waals surface area contributed by atoms with Gasteiger partial charge in [-0.2, -0.15) is 0 Å². The van der Waals surface area contributed by atoms with E-state index < -0.39 is 0 Å². The normalized spacial score (nSPS) is 12.2. The molecular weight excluding hydrogens is 297 g/mol. The maximum absolute atomic E-state index is 8.98. The number of hydrogen-bond acceptors (Lipinski definition) is 3. The van der Waals surface area contributed by atoms with Crippen molar-refractivity contribution >= 4 is 23.2 Å². The van der Waals surface area contributed by atoms with Crippen LogP contribution in [0.2, 0.25) is 10.0 Å². The van der Waals surface area contributed by atoms with Gasteiger partial charge in [0.25, 0.3) is 0 Å². The fraction of sp³-hybridized carbons (Fsp3) is 0.200. The van der Waals surface area contributed by atoms with Crippen LogP contribution < -0.4 is 10.5 Å². The zero-order valence-corrected chi connectivity index (χ0v) is 12.2. The number of hydrogen-bond donors (Lipinski definition) is 2. The lowest BCUT2D eigenvalue weighted by atomic mass is 10.1. The molecule has 0 aliphatic rings. The summed E-state index contributed by atoms with van der Waals surface area (Å²) in [7, 11) is 0. The van der Waals surface area contributed by atoms with Gasteiger partial charge in [-0.1, -0.05) is 41.4 Å². The van der Waals surface area contributed by atoms with Gasteiger partial charge in [0.2, 0.25) is 0 Å². The molecule has 1 atom stereocenters. The highest BCUT2D eigenvalue weighted by molar-refractivity contribution is 6.35. The van der Waals surface area contributed by atoms with Crippen LogP contribution in [-0.2, 0) is 6.61 Å². The second kappa shape index (κ2) is 6.95. The Morgan fingerprint density at radius 1 is 1.10 bits per heavy atom. The van der Waals surface area contributed by atoms with E-state index in [2.05, 4.69) is 0 Å². The standard InChI is InChI=1S/C15H15Cl2NO2/c16-12-4-1-11(14(17)7-12)9-20-13-5-2-10(3-6-13)15(18)8-19/h1-7,15,19H,8-9,18H2. The molecule has 2 aromatic rings. The summed E-state index contributed by atoms with van der Waals surface area (Å²) in [6.07, 6.45) is 0. The Bertz CT molecular complexity index is 573. The number of aliphatic hydroxyl groups excluding tert-OH is 1. The first kappa shape index (κ1) is 15.1. The lowest BCUT2D eigenvalue weighted by Gasteiger charge is -2.11. The van der Waals surface area contributed by atoms with Gasteiger partial charge in [-0.3, -0.25) is 0 Å². The van der Waals surface area contributed by atoms with Crippen LogP contribution in [0.3, 0.4) is 0 Å². The van der Waals surface area contributed by atoms with E-state index in [4.69, 9.17) is 38.8 Å². The van der Waals surface area contributed by atoms with Gasteiger partial charge in [0.15, 0.2) is 0 Å². The minimum Gasteiger partial charge on any atom is -0.489 e. The van der Waals surface area contributed by atoms with Crippen LogP contribution in [0.15, 0.2) is 42.5 Å². The Morgan fingerprint density at radius 3 is 2.40 bits per heavy atom. The van der Waals surface area contributed by atoms with Gasteiger partial charge in [0.05, 0.1) is 12.6 Å². The average molecular weight is 312 g/mol. The molecule has 5 heteroatoms. The lowest BCUT2D eigenvalue weighted by Crippen LogP contribution is -2.14. The Labute approximate surface area is 127 Å². The molecule has 0 aromatic heterocycles. The molecule has 1 unspecified atom stereocenters. The molecule has 20 heavy (non-hydrogen) atoms. The van der Waals surface area contributed by atoms with Crippen molar-refractivity contribution in [3.8, 4) is 5.75 Å². The van der Waals surface area contributed by atoms with E-state index in [1.165, 1.54) is 0 Å². The summed E-state index contributed by atoms with van der Waals surface area (Å²) in [5.74, 6) is 0.713. The number of halogens is 2. The van der Waals surface area contributed by atoms with Crippen LogP contribution in [0, 0.1) is 0 Å².